The van der Waals surface area contributed by atoms with Crippen molar-refractivity contribution in [1.82, 2.24) is 4.98 Å². The highest BCUT2D eigenvalue weighted by molar-refractivity contribution is 7.07. The number of nitro groups is 1. The predicted molar refractivity (Wildman–Crippen MR) is 98.7 cm³/mol. The molecule has 3 rings (SSSR count). The Bertz CT molecular complexity index is 924. The van der Waals surface area contributed by atoms with Gasteiger partial charge >= 0.3 is 0 Å². The van der Waals surface area contributed by atoms with E-state index < -0.39 is 4.92 Å². The first-order valence-electron chi connectivity index (χ1n) is 7.69. The summed E-state index contributed by atoms with van der Waals surface area (Å²) in [6.07, 6.45) is 0. The van der Waals surface area contributed by atoms with Gasteiger partial charge in [0.05, 0.1) is 21.8 Å². The Morgan fingerprint density at radius 2 is 2.04 bits per heavy atom. The molecule has 0 spiro atoms. The summed E-state index contributed by atoms with van der Waals surface area (Å²) in [5.74, 6) is 0.278. The van der Waals surface area contributed by atoms with Crippen LogP contribution in [0.5, 0.6) is 5.75 Å². The van der Waals surface area contributed by atoms with E-state index in [9.17, 15) is 14.9 Å². The zero-order chi connectivity index (χ0) is 18.5. The second-order valence-corrected chi connectivity index (χ2v) is 6.22. The van der Waals surface area contributed by atoms with Crippen LogP contribution in [0.1, 0.15) is 21.6 Å². The number of non-ortho nitro benzene ring substituents is 1. The van der Waals surface area contributed by atoms with Gasteiger partial charge in [-0.25, -0.2) is 4.98 Å². The summed E-state index contributed by atoms with van der Waals surface area (Å²) < 4.78 is 5.60. The largest absolute Gasteiger partial charge is 0.487 e. The van der Waals surface area contributed by atoms with E-state index in [0.29, 0.717) is 23.6 Å². The number of nitro benzene ring substituents is 1. The van der Waals surface area contributed by atoms with Gasteiger partial charge in [0, 0.05) is 23.1 Å². The molecule has 0 saturated carbocycles. The molecule has 0 aliphatic heterocycles. The lowest BCUT2D eigenvalue weighted by molar-refractivity contribution is -0.384. The molecular formula is C18H15N3O4S. The summed E-state index contributed by atoms with van der Waals surface area (Å²) in [4.78, 5) is 26.9. The van der Waals surface area contributed by atoms with Gasteiger partial charge in [0.15, 0.2) is 0 Å². The van der Waals surface area contributed by atoms with Crippen LogP contribution in [0.2, 0.25) is 0 Å². The molecule has 8 heteroatoms. The minimum atomic E-state index is -0.496. The molecule has 1 aromatic heterocycles. The summed E-state index contributed by atoms with van der Waals surface area (Å²) >= 11 is 1.50. The van der Waals surface area contributed by atoms with Gasteiger partial charge in [0.25, 0.3) is 11.6 Å². The summed E-state index contributed by atoms with van der Waals surface area (Å²) in [5, 5.41) is 15.5. The number of amides is 1. The summed E-state index contributed by atoms with van der Waals surface area (Å²) in [6.45, 7) is 2.14. The molecule has 0 aliphatic carbocycles. The summed E-state index contributed by atoms with van der Waals surface area (Å²) in [7, 11) is 0. The van der Waals surface area contributed by atoms with E-state index in [2.05, 4.69) is 10.3 Å². The highest BCUT2D eigenvalue weighted by atomic mass is 32.1. The Labute approximate surface area is 153 Å². The molecule has 3 aromatic rings. The number of hydrogen-bond donors (Lipinski definition) is 1. The molecule has 26 heavy (non-hydrogen) atoms. The number of aryl methyl sites for hydroxylation is 1. The van der Waals surface area contributed by atoms with Gasteiger partial charge in [-0.15, -0.1) is 11.3 Å². The van der Waals surface area contributed by atoms with Gasteiger partial charge in [0.1, 0.15) is 12.4 Å². The monoisotopic (exact) mass is 369 g/mol. The average molecular weight is 369 g/mol. The molecule has 0 atom stereocenters. The number of carbonyl (C=O) groups is 1. The highest BCUT2D eigenvalue weighted by Gasteiger charge is 2.12. The number of benzene rings is 2. The van der Waals surface area contributed by atoms with E-state index in [1.165, 1.54) is 23.5 Å². The topological polar surface area (TPSA) is 94.4 Å². The van der Waals surface area contributed by atoms with Crippen LogP contribution >= 0.6 is 11.3 Å². The molecule has 132 valence electrons. The Balaban J connectivity index is 1.66. The number of nitrogens with one attached hydrogen (secondary N) is 1. The van der Waals surface area contributed by atoms with Crippen molar-refractivity contribution in [3.05, 3.63) is 80.3 Å². The quantitative estimate of drug-likeness (QED) is 0.519. The third-order valence-electron chi connectivity index (χ3n) is 3.67. The van der Waals surface area contributed by atoms with Crippen LogP contribution in [0.15, 0.2) is 53.4 Å². The SMILES string of the molecule is Cc1ccc([N+](=O)[O-])cc1NC(=O)c1ccc(OCc2cscn2)cc1. The molecule has 2 aromatic carbocycles. The molecular weight excluding hydrogens is 354 g/mol. The standard InChI is InChI=1S/C18H15N3O4S/c1-12-2-5-15(21(23)24)8-17(12)20-18(22)13-3-6-16(7-4-13)25-9-14-10-26-11-19-14/h2-8,10-11H,9H2,1H3,(H,20,22). The van der Waals surface area contributed by atoms with Crippen molar-refractivity contribution in [3.8, 4) is 5.75 Å². The number of carbonyl (C=O) groups excluding carboxylic acids is 1. The van der Waals surface area contributed by atoms with Crippen LogP contribution in [0.4, 0.5) is 11.4 Å². The fourth-order valence-electron chi connectivity index (χ4n) is 2.22. The summed E-state index contributed by atoms with van der Waals surface area (Å²) in [5.41, 5.74) is 4.09. The number of ether oxygens (including phenoxy) is 1. The van der Waals surface area contributed by atoms with Gasteiger partial charge in [-0.2, -0.15) is 0 Å². The zero-order valence-corrected chi connectivity index (χ0v) is 14.7. The number of rotatable bonds is 6. The Hall–Kier alpha value is -3.26. The average Bonchev–Trinajstić information content (AvgIpc) is 3.15. The predicted octanol–water partition coefficient (Wildman–Crippen LogP) is 4.19. The van der Waals surface area contributed by atoms with Crippen molar-refractivity contribution in [2.24, 2.45) is 0 Å². The Morgan fingerprint density at radius 3 is 2.69 bits per heavy atom. The van der Waals surface area contributed by atoms with Crippen molar-refractivity contribution in [2.75, 3.05) is 5.32 Å². The van der Waals surface area contributed by atoms with Gasteiger partial charge in [-0.3, -0.25) is 14.9 Å². The van der Waals surface area contributed by atoms with Crippen LogP contribution < -0.4 is 10.1 Å². The van der Waals surface area contributed by atoms with Crippen molar-refractivity contribution < 1.29 is 14.5 Å². The van der Waals surface area contributed by atoms with Crippen molar-refractivity contribution in [1.29, 1.82) is 0 Å². The fourth-order valence-corrected chi connectivity index (χ4v) is 2.76. The maximum Gasteiger partial charge on any atom is 0.271 e. The van der Waals surface area contributed by atoms with E-state index in [4.69, 9.17) is 4.74 Å². The lowest BCUT2D eigenvalue weighted by Gasteiger charge is -2.09. The van der Waals surface area contributed by atoms with Gasteiger partial charge in [-0.05, 0) is 36.8 Å². The van der Waals surface area contributed by atoms with E-state index >= 15 is 0 Å². The number of aromatic nitrogens is 1. The molecule has 1 N–H and O–H groups in total. The van der Waals surface area contributed by atoms with Gasteiger partial charge in [0.2, 0.25) is 0 Å². The molecule has 0 radical (unpaired) electrons. The first-order chi connectivity index (χ1) is 12.5. The number of anilines is 1. The molecule has 0 bridgehead atoms. The van der Waals surface area contributed by atoms with E-state index in [1.54, 1.807) is 42.8 Å². The van der Waals surface area contributed by atoms with E-state index in [-0.39, 0.29) is 11.6 Å². The minimum Gasteiger partial charge on any atom is -0.487 e. The first-order valence-corrected chi connectivity index (χ1v) is 8.63. The zero-order valence-electron chi connectivity index (χ0n) is 13.8. The third-order valence-corrected chi connectivity index (χ3v) is 4.30. The van der Waals surface area contributed by atoms with Gasteiger partial charge in [-0.1, -0.05) is 6.07 Å². The molecule has 0 unspecified atom stereocenters. The Kier molecular flexibility index (Phi) is 5.23. The summed E-state index contributed by atoms with van der Waals surface area (Å²) in [6, 6.07) is 11.0. The second-order valence-electron chi connectivity index (χ2n) is 5.50. The van der Waals surface area contributed by atoms with Crippen molar-refractivity contribution in [2.45, 2.75) is 13.5 Å². The van der Waals surface area contributed by atoms with Crippen LogP contribution in [-0.4, -0.2) is 15.8 Å². The number of thiazole rings is 1. The first kappa shape index (κ1) is 17.6. The lowest BCUT2D eigenvalue weighted by atomic mass is 10.1. The number of hydrogen-bond acceptors (Lipinski definition) is 6. The fraction of sp³-hybridized carbons (Fsp3) is 0.111. The molecule has 0 fully saturated rings. The maximum absolute atomic E-state index is 12.4. The lowest BCUT2D eigenvalue weighted by Crippen LogP contribution is -2.13. The van der Waals surface area contributed by atoms with Crippen LogP contribution in [0.3, 0.4) is 0 Å². The second kappa shape index (κ2) is 7.75. The molecule has 7 nitrogen and oxygen atoms in total. The Morgan fingerprint density at radius 1 is 1.27 bits per heavy atom. The normalized spacial score (nSPS) is 10.3. The third kappa shape index (κ3) is 4.22. The van der Waals surface area contributed by atoms with E-state index in [0.717, 1.165) is 11.3 Å². The van der Waals surface area contributed by atoms with Crippen molar-refractivity contribution >= 4 is 28.6 Å². The van der Waals surface area contributed by atoms with Gasteiger partial charge < -0.3 is 10.1 Å². The van der Waals surface area contributed by atoms with Crippen molar-refractivity contribution in [3.63, 3.8) is 0 Å². The molecule has 0 aliphatic rings. The molecule has 0 saturated heterocycles. The molecule has 1 amide bonds. The maximum atomic E-state index is 12.4. The van der Waals surface area contributed by atoms with Crippen LogP contribution in [0.25, 0.3) is 0 Å². The number of nitrogens with zero attached hydrogens (tertiary/aromatic N) is 2. The van der Waals surface area contributed by atoms with E-state index in [1.807, 2.05) is 5.38 Å². The highest BCUT2D eigenvalue weighted by Crippen LogP contribution is 2.23. The molecule has 1 heterocycles. The van der Waals surface area contributed by atoms with Crippen LogP contribution in [0, 0.1) is 17.0 Å². The smallest absolute Gasteiger partial charge is 0.271 e. The minimum absolute atomic E-state index is 0.0725. The van der Waals surface area contributed by atoms with Crippen LogP contribution in [-0.2, 0) is 6.61 Å².